The predicted molar refractivity (Wildman–Crippen MR) is 95.2 cm³/mol. The van der Waals surface area contributed by atoms with Crippen LogP contribution in [0, 0.1) is 6.92 Å². The largest absolute Gasteiger partial charge is 0.358 e. The summed E-state index contributed by atoms with van der Waals surface area (Å²) in [6.07, 6.45) is 1.54. The molecule has 2 aromatic carbocycles. The summed E-state index contributed by atoms with van der Waals surface area (Å²) in [5.74, 6) is 0. The molecule has 0 atom stereocenters. The lowest BCUT2D eigenvalue weighted by Gasteiger charge is -2.07. The first kappa shape index (κ1) is 16.5. The normalized spacial score (nSPS) is 16.7. The molecule has 0 amide bonds. The molecule has 0 aromatic heterocycles. The summed E-state index contributed by atoms with van der Waals surface area (Å²) >= 11 is 0. The highest BCUT2D eigenvalue weighted by molar-refractivity contribution is 7.86. The van der Waals surface area contributed by atoms with Crippen LogP contribution in [0.5, 0.6) is 0 Å². The minimum absolute atomic E-state index is 0.109. The van der Waals surface area contributed by atoms with Crippen molar-refractivity contribution in [3.05, 3.63) is 71.3 Å². The van der Waals surface area contributed by atoms with Crippen LogP contribution in [0.2, 0.25) is 0 Å². The molecular formula is C19H19NO3S. The molecule has 0 radical (unpaired) electrons. The number of benzene rings is 2. The van der Waals surface area contributed by atoms with Gasteiger partial charge in [-0.1, -0.05) is 58.8 Å². The summed E-state index contributed by atoms with van der Waals surface area (Å²) in [5.41, 5.74) is 4.86. The van der Waals surface area contributed by atoms with Crippen LogP contribution in [-0.4, -0.2) is 14.1 Å². The first-order chi connectivity index (χ1) is 11.5. The van der Waals surface area contributed by atoms with Crippen LogP contribution < -0.4 is 0 Å². The Morgan fingerprint density at radius 3 is 2.25 bits per heavy atom. The van der Waals surface area contributed by atoms with Gasteiger partial charge in [-0.3, -0.25) is 4.28 Å². The summed E-state index contributed by atoms with van der Waals surface area (Å²) in [5, 5.41) is 3.97. The van der Waals surface area contributed by atoms with Gasteiger partial charge in [-0.25, -0.2) is 0 Å². The SMILES string of the molecule is CC1=C(c2ccccc2)/C(=N/OS(=O)(=O)c2ccc(C)cc2)CC1. The van der Waals surface area contributed by atoms with Gasteiger partial charge in [-0.2, -0.15) is 8.42 Å². The summed E-state index contributed by atoms with van der Waals surface area (Å²) in [4.78, 5) is 0.109. The van der Waals surface area contributed by atoms with E-state index in [1.54, 1.807) is 12.1 Å². The maximum atomic E-state index is 12.3. The lowest BCUT2D eigenvalue weighted by Crippen LogP contribution is -2.06. The van der Waals surface area contributed by atoms with Crippen LogP contribution in [0.4, 0.5) is 0 Å². The van der Waals surface area contributed by atoms with Gasteiger partial charge in [0.25, 0.3) is 0 Å². The molecule has 2 aromatic rings. The Bertz CT molecular complexity index is 895. The fourth-order valence-corrected chi connectivity index (χ4v) is 3.50. The number of hydrogen-bond donors (Lipinski definition) is 0. The zero-order chi connectivity index (χ0) is 17.2. The summed E-state index contributed by atoms with van der Waals surface area (Å²) in [6, 6.07) is 16.4. The second-order valence-corrected chi connectivity index (χ2v) is 7.43. The maximum absolute atomic E-state index is 12.3. The fourth-order valence-electron chi connectivity index (χ4n) is 2.75. The monoisotopic (exact) mass is 341 g/mol. The summed E-state index contributed by atoms with van der Waals surface area (Å²) in [6.45, 7) is 3.94. The standard InChI is InChI=1S/C19H19NO3S/c1-14-8-11-17(12-9-14)24(21,22)23-20-18-13-10-15(2)19(18)16-6-4-3-5-7-16/h3-9,11-12H,10,13H2,1-2H3/b20-18+. The van der Waals surface area contributed by atoms with E-state index >= 15 is 0 Å². The average Bonchev–Trinajstić information content (AvgIpc) is 2.95. The Kier molecular flexibility index (Phi) is 4.53. The highest BCUT2D eigenvalue weighted by Gasteiger charge is 2.22. The molecule has 3 rings (SSSR count). The molecule has 0 spiro atoms. The highest BCUT2D eigenvalue weighted by Crippen LogP contribution is 2.32. The van der Waals surface area contributed by atoms with Crippen molar-refractivity contribution in [1.29, 1.82) is 0 Å². The third-order valence-electron chi connectivity index (χ3n) is 4.07. The molecule has 1 aliphatic rings. The van der Waals surface area contributed by atoms with Gasteiger partial charge in [0.05, 0.1) is 5.71 Å². The number of rotatable bonds is 4. The topological polar surface area (TPSA) is 55.7 Å². The molecule has 5 heteroatoms. The molecule has 0 heterocycles. The van der Waals surface area contributed by atoms with Crippen LogP contribution in [0.3, 0.4) is 0 Å². The Hall–Kier alpha value is -2.40. The maximum Gasteiger partial charge on any atom is 0.358 e. The number of aryl methyl sites for hydroxylation is 1. The average molecular weight is 341 g/mol. The smallest absolute Gasteiger partial charge is 0.264 e. The minimum atomic E-state index is -3.90. The van der Waals surface area contributed by atoms with Crippen LogP contribution in [0.15, 0.2) is 70.2 Å². The van der Waals surface area contributed by atoms with Gasteiger partial charge in [0, 0.05) is 5.57 Å². The Morgan fingerprint density at radius 2 is 1.58 bits per heavy atom. The Labute approximate surface area is 142 Å². The zero-order valence-corrected chi connectivity index (χ0v) is 14.5. The van der Waals surface area contributed by atoms with E-state index in [-0.39, 0.29) is 4.90 Å². The van der Waals surface area contributed by atoms with Gasteiger partial charge in [0.2, 0.25) is 0 Å². The first-order valence-electron chi connectivity index (χ1n) is 7.80. The third-order valence-corrected chi connectivity index (χ3v) is 5.19. The number of allylic oxidation sites excluding steroid dienone is 2. The quantitative estimate of drug-likeness (QED) is 0.778. The lowest BCUT2D eigenvalue weighted by atomic mass is 10.0. The minimum Gasteiger partial charge on any atom is -0.264 e. The molecule has 0 aliphatic heterocycles. The van der Waals surface area contributed by atoms with Gasteiger partial charge in [-0.05, 0) is 44.4 Å². The van der Waals surface area contributed by atoms with E-state index in [0.717, 1.165) is 23.1 Å². The number of oxime groups is 1. The van der Waals surface area contributed by atoms with Crippen LogP contribution in [-0.2, 0) is 14.4 Å². The molecule has 0 unspecified atom stereocenters. The van der Waals surface area contributed by atoms with Crippen LogP contribution >= 0.6 is 0 Å². The molecule has 4 nitrogen and oxygen atoms in total. The van der Waals surface area contributed by atoms with Crippen molar-refractivity contribution in [2.45, 2.75) is 31.6 Å². The molecule has 124 valence electrons. The molecule has 0 saturated heterocycles. The molecule has 0 N–H and O–H groups in total. The van der Waals surface area contributed by atoms with Crippen LogP contribution in [0.25, 0.3) is 5.57 Å². The molecular weight excluding hydrogens is 322 g/mol. The van der Waals surface area contributed by atoms with Gasteiger partial charge in [0.1, 0.15) is 4.90 Å². The van der Waals surface area contributed by atoms with Crippen molar-refractivity contribution in [1.82, 2.24) is 0 Å². The van der Waals surface area contributed by atoms with Crippen LogP contribution in [0.1, 0.15) is 30.9 Å². The molecule has 0 bridgehead atoms. The van der Waals surface area contributed by atoms with E-state index in [1.807, 2.05) is 44.2 Å². The molecule has 0 fully saturated rings. The molecule has 24 heavy (non-hydrogen) atoms. The van der Waals surface area contributed by atoms with Crippen molar-refractivity contribution in [3.63, 3.8) is 0 Å². The molecule has 0 saturated carbocycles. The van der Waals surface area contributed by atoms with Gasteiger partial charge < -0.3 is 0 Å². The van der Waals surface area contributed by atoms with E-state index in [4.69, 9.17) is 4.28 Å². The number of hydrogen-bond acceptors (Lipinski definition) is 4. The van der Waals surface area contributed by atoms with Crippen molar-refractivity contribution in [2.24, 2.45) is 5.16 Å². The summed E-state index contributed by atoms with van der Waals surface area (Å²) < 4.78 is 29.5. The summed E-state index contributed by atoms with van der Waals surface area (Å²) in [7, 11) is -3.90. The van der Waals surface area contributed by atoms with E-state index in [2.05, 4.69) is 5.16 Å². The van der Waals surface area contributed by atoms with Gasteiger partial charge in [-0.15, -0.1) is 0 Å². The van der Waals surface area contributed by atoms with E-state index in [0.29, 0.717) is 12.1 Å². The fraction of sp³-hybridized carbons (Fsp3) is 0.211. The Morgan fingerprint density at radius 1 is 0.917 bits per heavy atom. The highest BCUT2D eigenvalue weighted by atomic mass is 32.2. The second-order valence-electron chi connectivity index (χ2n) is 5.90. The van der Waals surface area contributed by atoms with Gasteiger partial charge in [0.15, 0.2) is 0 Å². The van der Waals surface area contributed by atoms with E-state index < -0.39 is 10.1 Å². The van der Waals surface area contributed by atoms with Crippen molar-refractivity contribution < 1.29 is 12.7 Å². The van der Waals surface area contributed by atoms with Crippen molar-refractivity contribution in [2.75, 3.05) is 0 Å². The van der Waals surface area contributed by atoms with Gasteiger partial charge >= 0.3 is 10.1 Å². The zero-order valence-electron chi connectivity index (χ0n) is 13.7. The Balaban J connectivity index is 1.87. The van der Waals surface area contributed by atoms with E-state index in [9.17, 15) is 8.42 Å². The first-order valence-corrected chi connectivity index (χ1v) is 9.21. The second kappa shape index (κ2) is 6.61. The predicted octanol–water partition coefficient (Wildman–Crippen LogP) is 4.32. The van der Waals surface area contributed by atoms with E-state index in [1.165, 1.54) is 17.7 Å². The van der Waals surface area contributed by atoms with Crippen molar-refractivity contribution >= 4 is 21.4 Å². The molecule has 1 aliphatic carbocycles. The third kappa shape index (κ3) is 3.41. The van der Waals surface area contributed by atoms with Crippen molar-refractivity contribution in [3.8, 4) is 0 Å². The number of nitrogens with zero attached hydrogens (tertiary/aromatic N) is 1. The lowest BCUT2D eigenvalue weighted by molar-refractivity contribution is 0.338.